The lowest BCUT2D eigenvalue weighted by Gasteiger charge is -2.21. The summed E-state index contributed by atoms with van der Waals surface area (Å²) in [7, 11) is 1.96. The molecule has 148 valence electrons. The SMILES string of the molecule is CC(C)OCCn1/c(=N/C(=O)c2cccc(Cl)c2Cl)cc(C(C)(C)C)n1C. The molecule has 0 N–H and O–H groups in total. The van der Waals surface area contributed by atoms with Gasteiger partial charge in [0.2, 0.25) is 0 Å². The van der Waals surface area contributed by atoms with Crippen LogP contribution in [0.25, 0.3) is 0 Å². The van der Waals surface area contributed by atoms with E-state index in [0.717, 1.165) is 5.69 Å². The van der Waals surface area contributed by atoms with Crippen LogP contribution in [0.15, 0.2) is 29.3 Å². The average molecular weight is 412 g/mol. The predicted octanol–water partition coefficient (Wildman–Crippen LogP) is 4.60. The largest absolute Gasteiger partial charge is 0.377 e. The quantitative estimate of drug-likeness (QED) is 0.721. The van der Waals surface area contributed by atoms with E-state index >= 15 is 0 Å². The van der Waals surface area contributed by atoms with Crippen molar-refractivity contribution in [1.29, 1.82) is 0 Å². The second-order valence-electron chi connectivity index (χ2n) is 7.72. The lowest BCUT2D eigenvalue weighted by molar-refractivity contribution is 0.0681. The normalized spacial score (nSPS) is 12.9. The zero-order chi connectivity index (χ0) is 20.4. The maximum Gasteiger partial charge on any atom is 0.280 e. The predicted molar refractivity (Wildman–Crippen MR) is 110 cm³/mol. The second-order valence-corrected chi connectivity index (χ2v) is 8.51. The first-order valence-corrected chi connectivity index (χ1v) is 9.70. The molecule has 27 heavy (non-hydrogen) atoms. The number of benzene rings is 1. The van der Waals surface area contributed by atoms with Crippen molar-refractivity contribution in [3.63, 3.8) is 0 Å². The summed E-state index contributed by atoms with van der Waals surface area (Å²) in [4.78, 5) is 17.1. The molecule has 1 heterocycles. The molecule has 0 aliphatic carbocycles. The molecule has 2 aromatic rings. The highest BCUT2D eigenvalue weighted by molar-refractivity contribution is 6.43. The Labute approximate surface area is 170 Å². The summed E-state index contributed by atoms with van der Waals surface area (Å²) in [6.45, 7) is 11.5. The minimum atomic E-state index is -0.424. The molecule has 0 radical (unpaired) electrons. The summed E-state index contributed by atoms with van der Waals surface area (Å²) in [5, 5.41) is 0.550. The average Bonchev–Trinajstić information content (AvgIpc) is 2.86. The lowest BCUT2D eigenvalue weighted by atomic mass is 9.92. The molecule has 5 nitrogen and oxygen atoms in total. The third-order valence-corrected chi connectivity index (χ3v) is 4.98. The molecular formula is C20H27Cl2N3O2. The molecule has 0 saturated carbocycles. The number of nitrogens with zero attached hydrogens (tertiary/aromatic N) is 3. The standard InChI is InChI=1S/C20H27Cl2N3O2/c1-13(2)27-11-10-25-17(12-16(24(25)6)20(3,4)5)23-19(26)14-8-7-9-15(21)18(14)22/h7-9,12-13H,10-11H2,1-6H3/b23-17+. The van der Waals surface area contributed by atoms with Crippen molar-refractivity contribution < 1.29 is 9.53 Å². The molecule has 1 aromatic heterocycles. The van der Waals surface area contributed by atoms with Gasteiger partial charge in [0.1, 0.15) is 0 Å². The third kappa shape index (κ3) is 5.24. The lowest BCUT2D eigenvalue weighted by Crippen LogP contribution is -2.27. The fourth-order valence-corrected chi connectivity index (χ4v) is 3.22. The molecule has 1 aromatic carbocycles. The van der Waals surface area contributed by atoms with E-state index in [0.29, 0.717) is 23.7 Å². The number of carbonyl (C=O) groups is 1. The van der Waals surface area contributed by atoms with Gasteiger partial charge in [-0.05, 0) is 26.0 Å². The van der Waals surface area contributed by atoms with Crippen molar-refractivity contribution >= 4 is 29.1 Å². The van der Waals surface area contributed by atoms with Crippen molar-refractivity contribution in [2.24, 2.45) is 12.0 Å². The van der Waals surface area contributed by atoms with Crippen LogP contribution in [-0.2, 0) is 23.7 Å². The third-order valence-electron chi connectivity index (χ3n) is 4.16. The summed E-state index contributed by atoms with van der Waals surface area (Å²) >= 11 is 12.2. The number of carbonyl (C=O) groups excluding carboxylic acids is 1. The van der Waals surface area contributed by atoms with Crippen LogP contribution in [0.1, 0.15) is 50.7 Å². The fourth-order valence-electron chi connectivity index (χ4n) is 2.84. The van der Waals surface area contributed by atoms with Crippen LogP contribution in [0.5, 0.6) is 0 Å². The van der Waals surface area contributed by atoms with E-state index in [4.69, 9.17) is 27.9 Å². The highest BCUT2D eigenvalue weighted by Crippen LogP contribution is 2.26. The Morgan fingerprint density at radius 1 is 1.26 bits per heavy atom. The van der Waals surface area contributed by atoms with E-state index in [1.165, 1.54) is 0 Å². The maximum absolute atomic E-state index is 12.7. The van der Waals surface area contributed by atoms with E-state index in [1.54, 1.807) is 18.2 Å². The molecule has 0 spiro atoms. The molecule has 0 atom stereocenters. The van der Waals surface area contributed by atoms with Crippen LogP contribution in [-0.4, -0.2) is 28.0 Å². The zero-order valence-electron chi connectivity index (χ0n) is 16.7. The van der Waals surface area contributed by atoms with Crippen LogP contribution < -0.4 is 5.49 Å². The van der Waals surface area contributed by atoms with E-state index in [9.17, 15) is 4.79 Å². The smallest absolute Gasteiger partial charge is 0.280 e. The summed E-state index contributed by atoms with van der Waals surface area (Å²) < 4.78 is 9.64. The zero-order valence-corrected chi connectivity index (χ0v) is 18.2. The van der Waals surface area contributed by atoms with Gasteiger partial charge in [0.15, 0.2) is 5.49 Å². The number of aromatic nitrogens is 2. The molecule has 2 rings (SSSR count). The highest BCUT2D eigenvalue weighted by atomic mass is 35.5. The Bertz CT molecular complexity index is 890. The van der Waals surface area contributed by atoms with E-state index in [-0.39, 0.29) is 22.1 Å². The number of amides is 1. The van der Waals surface area contributed by atoms with Crippen LogP contribution in [0.3, 0.4) is 0 Å². The van der Waals surface area contributed by atoms with Crippen molar-refractivity contribution in [2.75, 3.05) is 6.61 Å². The topological polar surface area (TPSA) is 48.5 Å². The second kappa shape index (κ2) is 8.63. The van der Waals surface area contributed by atoms with Gasteiger partial charge in [-0.1, -0.05) is 50.0 Å². The van der Waals surface area contributed by atoms with Gasteiger partial charge in [-0.15, -0.1) is 0 Å². The molecule has 0 aliphatic heterocycles. The van der Waals surface area contributed by atoms with Crippen LogP contribution >= 0.6 is 23.2 Å². The van der Waals surface area contributed by atoms with Gasteiger partial charge in [0, 0.05) is 24.2 Å². The van der Waals surface area contributed by atoms with Crippen molar-refractivity contribution in [3.8, 4) is 0 Å². The van der Waals surface area contributed by atoms with Gasteiger partial charge in [-0.3, -0.25) is 14.2 Å². The van der Waals surface area contributed by atoms with Gasteiger partial charge in [0.05, 0.1) is 34.9 Å². The molecule has 0 bridgehead atoms. The Morgan fingerprint density at radius 2 is 1.93 bits per heavy atom. The van der Waals surface area contributed by atoms with Crippen LogP contribution in [0.2, 0.25) is 10.0 Å². The monoisotopic (exact) mass is 411 g/mol. The minimum Gasteiger partial charge on any atom is -0.377 e. The van der Waals surface area contributed by atoms with E-state index < -0.39 is 5.91 Å². The first kappa shape index (κ1) is 21.7. The van der Waals surface area contributed by atoms with Gasteiger partial charge in [0.25, 0.3) is 5.91 Å². The minimum absolute atomic E-state index is 0.0973. The molecule has 0 aliphatic rings. The van der Waals surface area contributed by atoms with E-state index in [1.807, 2.05) is 36.3 Å². The van der Waals surface area contributed by atoms with Crippen molar-refractivity contribution in [3.05, 3.63) is 51.1 Å². The Balaban J connectivity index is 2.51. The Kier molecular flexibility index (Phi) is 6.95. The van der Waals surface area contributed by atoms with Crippen molar-refractivity contribution in [1.82, 2.24) is 9.36 Å². The van der Waals surface area contributed by atoms with Crippen molar-refractivity contribution in [2.45, 2.75) is 52.7 Å². The Hall–Kier alpha value is -1.56. The molecule has 0 saturated heterocycles. The molecule has 0 fully saturated rings. The maximum atomic E-state index is 12.7. The van der Waals surface area contributed by atoms with Crippen LogP contribution in [0, 0.1) is 0 Å². The van der Waals surface area contributed by atoms with Gasteiger partial charge in [-0.2, -0.15) is 4.99 Å². The number of rotatable bonds is 5. The summed E-state index contributed by atoms with van der Waals surface area (Å²) in [6, 6.07) is 6.89. The summed E-state index contributed by atoms with van der Waals surface area (Å²) in [5.74, 6) is -0.424. The van der Waals surface area contributed by atoms with Gasteiger partial charge in [-0.25, -0.2) is 0 Å². The number of halogens is 2. The number of hydrogen-bond donors (Lipinski definition) is 0. The fraction of sp³-hybridized carbons (Fsp3) is 0.500. The van der Waals surface area contributed by atoms with Gasteiger partial charge < -0.3 is 4.74 Å². The first-order valence-electron chi connectivity index (χ1n) is 8.94. The van der Waals surface area contributed by atoms with E-state index in [2.05, 4.69) is 25.8 Å². The summed E-state index contributed by atoms with van der Waals surface area (Å²) in [6.07, 6.45) is 0.139. The summed E-state index contributed by atoms with van der Waals surface area (Å²) in [5.41, 5.74) is 1.82. The highest BCUT2D eigenvalue weighted by Gasteiger charge is 2.21. The van der Waals surface area contributed by atoms with Gasteiger partial charge >= 0.3 is 0 Å². The molecular weight excluding hydrogens is 385 g/mol. The molecule has 7 heteroatoms. The van der Waals surface area contributed by atoms with Crippen LogP contribution in [0.4, 0.5) is 0 Å². The molecule has 1 amide bonds. The number of ether oxygens (including phenoxy) is 1. The Morgan fingerprint density at radius 3 is 2.52 bits per heavy atom. The molecule has 0 unspecified atom stereocenters. The first-order chi connectivity index (χ1) is 12.5. The number of hydrogen-bond acceptors (Lipinski definition) is 2.